The Hall–Kier alpha value is -0.370. The number of nitrogens with zero attached hydrogens (tertiary/aromatic N) is 1. The average Bonchev–Trinajstić information content (AvgIpc) is 2.17. The van der Waals surface area contributed by atoms with Crippen molar-refractivity contribution in [2.24, 2.45) is 11.8 Å². The molecule has 13 heavy (non-hydrogen) atoms. The third-order valence-corrected chi connectivity index (χ3v) is 3.86. The van der Waals surface area contributed by atoms with E-state index in [1.807, 2.05) is 0 Å². The SMILES string of the molecule is CN1CC2CCCCC2CC1C=O. The van der Waals surface area contributed by atoms with E-state index < -0.39 is 0 Å². The molecule has 0 spiro atoms. The molecular weight excluding hydrogens is 162 g/mol. The van der Waals surface area contributed by atoms with Crippen LogP contribution in [0.15, 0.2) is 0 Å². The van der Waals surface area contributed by atoms with Gasteiger partial charge in [-0.1, -0.05) is 19.3 Å². The fourth-order valence-electron chi connectivity index (χ4n) is 2.99. The van der Waals surface area contributed by atoms with Crippen LogP contribution in [0.25, 0.3) is 0 Å². The van der Waals surface area contributed by atoms with Crippen LogP contribution in [0.1, 0.15) is 32.1 Å². The predicted octanol–water partition coefficient (Wildman–Crippen LogP) is 1.70. The van der Waals surface area contributed by atoms with E-state index >= 15 is 0 Å². The Kier molecular flexibility index (Phi) is 2.68. The molecule has 2 aliphatic rings. The minimum Gasteiger partial charge on any atom is -0.302 e. The fraction of sp³-hybridized carbons (Fsp3) is 0.909. The van der Waals surface area contributed by atoms with Crippen molar-refractivity contribution in [2.75, 3.05) is 13.6 Å². The average molecular weight is 181 g/mol. The number of piperidine rings is 1. The van der Waals surface area contributed by atoms with Crippen LogP contribution in [-0.4, -0.2) is 30.8 Å². The zero-order valence-corrected chi connectivity index (χ0v) is 8.41. The van der Waals surface area contributed by atoms with Crippen LogP contribution in [0.3, 0.4) is 0 Å². The highest BCUT2D eigenvalue weighted by Crippen LogP contribution is 2.37. The molecule has 0 aromatic carbocycles. The van der Waals surface area contributed by atoms with E-state index in [0.29, 0.717) is 0 Å². The Balaban J connectivity index is 2.00. The number of fused-ring (bicyclic) bond motifs is 1. The summed E-state index contributed by atoms with van der Waals surface area (Å²) in [4.78, 5) is 13.0. The van der Waals surface area contributed by atoms with Gasteiger partial charge in [-0.3, -0.25) is 4.90 Å². The quantitative estimate of drug-likeness (QED) is 0.574. The normalized spacial score (nSPS) is 41.2. The maximum Gasteiger partial charge on any atom is 0.137 e. The number of hydrogen-bond donors (Lipinski definition) is 0. The Bertz CT molecular complexity index is 193. The molecule has 0 aromatic heterocycles. The molecule has 1 saturated carbocycles. The lowest BCUT2D eigenvalue weighted by Gasteiger charge is -2.42. The molecule has 0 bridgehead atoms. The lowest BCUT2D eigenvalue weighted by Crippen LogP contribution is -2.46. The zero-order valence-electron chi connectivity index (χ0n) is 8.41. The van der Waals surface area contributed by atoms with E-state index in [-0.39, 0.29) is 6.04 Å². The molecule has 0 amide bonds. The van der Waals surface area contributed by atoms with E-state index in [9.17, 15) is 4.79 Å². The maximum absolute atomic E-state index is 10.8. The summed E-state index contributed by atoms with van der Waals surface area (Å²) in [6, 6.07) is 0.208. The van der Waals surface area contributed by atoms with Gasteiger partial charge >= 0.3 is 0 Å². The van der Waals surface area contributed by atoms with Crippen LogP contribution >= 0.6 is 0 Å². The van der Waals surface area contributed by atoms with Crippen molar-refractivity contribution in [3.63, 3.8) is 0 Å². The maximum atomic E-state index is 10.8. The molecule has 0 aromatic rings. The largest absolute Gasteiger partial charge is 0.302 e. The van der Waals surface area contributed by atoms with Crippen LogP contribution in [0, 0.1) is 11.8 Å². The lowest BCUT2D eigenvalue weighted by atomic mass is 9.73. The second-order valence-electron chi connectivity index (χ2n) is 4.68. The second kappa shape index (κ2) is 3.79. The molecule has 1 aliphatic heterocycles. The Morgan fingerprint density at radius 3 is 2.62 bits per heavy atom. The van der Waals surface area contributed by atoms with E-state index in [0.717, 1.165) is 31.1 Å². The van der Waals surface area contributed by atoms with Gasteiger partial charge in [-0.15, -0.1) is 0 Å². The van der Waals surface area contributed by atoms with Gasteiger partial charge in [0.05, 0.1) is 6.04 Å². The molecule has 0 N–H and O–H groups in total. The van der Waals surface area contributed by atoms with Crippen LogP contribution in [-0.2, 0) is 4.79 Å². The molecule has 2 nitrogen and oxygen atoms in total. The third kappa shape index (κ3) is 1.78. The third-order valence-electron chi connectivity index (χ3n) is 3.86. The van der Waals surface area contributed by atoms with Gasteiger partial charge in [0, 0.05) is 6.54 Å². The van der Waals surface area contributed by atoms with Crippen LogP contribution in [0.4, 0.5) is 0 Å². The van der Waals surface area contributed by atoms with Crippen molar-refractivity contribution in [3.05, 3.63) is 0 Å². The topological polar surface area (TPSA) is 20.3 Å². The second-order valence-corrected chi connectivity index (χ2v) is 4.68. The molecule has 2 heteroatoms. The predicted molar refractivity (Wildman–Crippen MR) is 52.5 cm³/mol. The Morgan fingerprint density at radius 2 is 1.92 bits per heavy atom. The van der Waals surface area contributed by atoms with Crippen molar-refractivity contribution in [1.29, 1.82) is 0 Å². The van der Waals surface area contributed by atoms with Crippen LogP contribution in [0.2, 0.25) is 0 Å². The fourth-order valence-corrected chi connectivity index (χ4v) is 2.99. The highest BCUT2D eigenvalue weighted by atomic mass is 16.1. The lowest BCUT2D eigenvalue weighted by molar-refractivity contribution is -0.114. The summed E-state index contributed by atoms with van der Waals surface area (Å²) in [5, 5.41) is 0. The summed E-state index contributed by atoms with van der Waals surface area (Å²) in [5.74, 6) is 1.73. The van der Waals surface area contributed by atoms with Crippen molar-refractivity contribution in [1.82, 2.24) is 4.90 Å². The molecule has 3 atom stereocenters. The zero-order chi connectivity index (χ0) is 9.26. The smallest absolute Gasteiger partial charge is 0.137 e. The van der Waals surface area contributed by atoms with Gasteiger partial charge in [-0.2, -0.15) is 0 Å². The Labute approximate surface area is 80.3 Å². The summed E-state index contributed by atoms with van der Waals surface area (Å²) in [5.41, 5.74) is 0. The summed E-state index contributed by atoms with van der Waals surface area (Å²) in [6.45, 7) is 1.15. The van der Waals surface area contributed by atoms with E-state index in [1.165, 1.54) is 25.7 Å². The molecule has 3 unspecified atom stereocenters. The first-order chi connectivity index (χ1) is 6.31. The van der Waals surface area contributed by atoms with Gasteiger partial charge in [0.25, 0.3) is 0 Å². The minimum absolute atomic E-state index is 0.208. The van der Waals surface area contributed by atoms with Gasteiger partial charge in [0.2, 0.25) is 0 Å². The number of likely N-dealkylation sites (tertiary alicyclic amines) is 1. The monoisotopic (exact) mass is 181 g/mol. The number of aldehydes is 1. The summed E-state index contributed by atoms with van der Waals surface area (Å²) < 4.78 is 0. The molecule has 1 aliphatic carbocycles. The number of rotatable bonds is 1. The number of carbonyl (C=O) groups excluding carboxylic acids is 1. The van der Waals surface area contributed by atoms with Crippen LogP contribution < -0.4 is 0 Å². The van der Waals surface area contributed by atoms with Crippen molar-refractivity contribution >= 4 is 6.29 Å². The van der Waals surface area contributed by atoms with Gasteiger partial charge < -0.3 is 4.79 Å². The molecule has 2 rings (SSSR count). The molecule has 1 heterocycles. The molecule has 1 saturated heterocycles. The highest BCUT2D eigenvalue weighted by molar-refractivity contribution is 5.57. The van der Waals surface area contributed by atoms with E-state index in [2.05, 4.69) is 11.9 Å². The summed E-state index contributed by atoms with van der Waals surface area (Å²) >= 11 is 0. The standard InChI is InChI=1S/C11H19NO/c1-12-7-10-5-3-2-4-9(10)6-11(12)8-13/h8-11H,2-7H2,1H3. The first-order valence-electron chi connectivity index (χ1n) is 5.47. The molecule has 74 valence electrons. The number of hydrogen-bond acceptors (Lipinski definition) is 2. The van der Waals surface area contributed by atoms with E-state index in [4.69, 9.17) is 0 Å². The van der Waals surface area contributed by atoms with Crippen molar-refractivity contribution in [3.8, 4) is 0 Å². The van der Waals surface area contributed by atoms with Gasteiger partial charge in [-0.25, -0.2) is 0 Å². The molecule has 0 radical (unpaired) electrons. The van der Waals surface area contributed by atoms with Crippen LogP contribution in [0.5, 0.6) is 0 Å². The summed E-state index contributed by atoms with van der Waals surface area (Å²) in [7, 11) is 2.09. The first-order valence-corrected chi connectivity index (χ1v) is 5.47. The molecular formula is C11H19NO. The van der Waals surface area contributed by atoms with E-state index in [1.54, 1.807) is 0 Å². The van der Waals surface area contributed by atoms with Crippen molar-refractivity contribution < 1.29 is 4.79 Å². The van der Waals surface area contributed by atoms with Gasteiger partial charge in [0.1, 0.15) is 6.29 Å². The highest BCUT2D eigenvalue weighted by Gasteiger charge is 2.34. The summed E-state index contributed by atoms with van der Waals surface area (Å²) in [6.07, 6.45) is 7.79. The number of likely N-dealkylation sites (N-methyl/N-ethyl adjacent to an activating group) is 1. The molecule has 2 fully saturated rings. The number of carbonyl (C=O) groups is 1. The van der Waals surface area contributed by atoms with Crippen molar-refractivity contribution in [2.45, 2.75) is 38.1 Å². The van der Waals surface area contributed by atoms with Gasteiger partial charge in [0.15, 0.2) is 0 Å². The minimum atomic E-state index is 0.208. The first kappa shape index (κ1) is 9.20. The Morgan fingerprint density at radius 1 is 1.23 bits per heavy atom. The van der Waals surface area contributed by atoms with Gasteiger partial charge in [-0.05, 0) is 31.7 Å².